The van der Waals surface area contributed by atoms with E-state index in [1.54, 1.807) is 18.2 Å². The Morgan fingerprint density at radius 1 is 1.24 bits per heavy atom. The summed E-state index contributed by atoms with van der Waals surface area (Å²) in [4.78, 5) is 22.7. The van der Waals surface area contributed by atoms with Crippen molar-refractivity contribution in [1.29, 1.82) is 0 Å². The van der Waals surface area contributed by atoms with Gasteiger partial charge in [-0.15, -0.1) is 0 Å². The molecule has 0 saturated carbocycles. The van der Waals surface area contributed by atoms with E-state index in [9.17, 15) is 22.8 Å². The number of primary amides is 1. The summed E-state index contributed by atoms with van der Waals surface area (Å²) in [7, 11) is 0. The van der Waals surface area contributed by atoms with E-state index < -0.39 is 36.8 Å². The Hall–Kier alpha value is -2.29. The minimum Gasteiger partial charge on any atom is -0.382 e. The molecule has 0 bridgehead atoms. The summed E-state index contributed by atoms with van der Waals surface area (Å²) in [6, 6.07) is 5.59. The fourth-order valence-corrected chi connectivity index (χ4v) is 1.50. The van der Waals surface area contributed by atoms with Crippen LogP contribution in [0, 0.1) is 0 Å². The maximum Gasteiger partial charge on any atom is 0.416 e. The quantitative estimate of drug-likeness (QED) is 0.634. The van der Waals surface area contributed by atoms with E-state index in [1.165, 1.54) is 12.1 Å². The highest BCUT2D eigenvalue weighted by Crippen LogP contribution is 2.19. The maximum atomic E-state index is 12.1. The third kappa shape index (κ3) is 5.30. The van der Waals surface area contributed by atoms with Crippen LogP contribution in [0.2, 0.25) is 0 Å². The van der Waals surface area contributed by atoms with E-state index in [0.717, 1.165) is 0 Å². The predicted octanol–water partition coefficient (Wildman–Crippen LogP) is 0.435. The largest absolute Gasteiger partial charge is 0.416 e. The number of hydrogen-bond donors (Lipinski definition) is 4. The minimum atomic E-state index is -4.84. The van der Waals surface area contributed by atoms with E-state index in [4.69, 9.17) is 10.8 Å². The average molecular weight is 305 g/mol. The Kier molecular flexibility index (Phi) is 5.53. The van der Waals surface area contributed by atoms with E-state index in [1.807, 2.05) is 5.32 Å². The smallest absolute Gasteiger partial charge is 0.382 e. The molecule has 0 aromatic heterocycles. The van der Waals surface area contributed by atoms with Gasteiger partial charge in [0.2, 0.25) is 5.91 Å². The number of nitrogens with one attached hydrogen (secondary N) is 2. The summed E-state index contributed by atoms with van der Waals surface area (Å²) in [6.45, 7) is -1.02. The molecule has 0 saturated heterocycles. The number of hydrogen-bond acceptors (Lipinski definition) is 3. The van der Waals surface area contributed by atoms with Crippen molar-refractivity contribution in [3.8, 4) is 0 Å². The van der Waals surface area contributed by atoms with Crippen molar-refractivity contribution in [3.05, 3.63) is 35.9 Å². The lowest BCUT2D eigenvalue weighted by molar-refractivity contribution is -0.201. The maximum absolute atomic E-state index is 12.1. The molecule has 116 valence electrons. The van der Waals surface area contributed by atoms with E-state index in [0.29, 0.717) is 5.56 Å². The molecule has 2 unspecified atom stereocenters. The van der Waals surface area contributed by atoms with Crippen molar-refractivity contribution in [2.75, 3.05) is 6.54 Å². The third-order valence-corrected chi connectivity index (χ3v) is 2.53. The number of alkyl halides is 3. The second-order valence-corrected chi connectivity index (χ2v) is 4.15. The molecule has 21 heavy (non-hydrogen) atoms. The van der Waals surface area contributed by atoms with Gasteiger partial charge in [0, 0.05) is 0 Å². The molecule has 0 aliphatic heterocycles. The zero-order valence-corrected chi connectivity index (χ0v) is 10.7. The lowest BCUT2D eigenvalue weighted by Gasteiger charge is -2.20. The normalized spacial score (nSPS) is 14.1. The van der Waals surface area contributed by atoms with Crippen LogP contribution in [0.1, 0.15) is 11.6 Å². The number of benzene rings is 1. The van der Waals surface area contributed by atoms with Crippen LogP contribution in [0.4, 0.5) is 18.0 Å². The van der Waals surface area contributed by atoms with Gasteiger partial charge in [-0.25, -0.2) is 4.79 Å². The van der Waals surface area contributed by atoms with Crippen molar-refractivity contribution < 1.29 is 27.9 Å². The lowest BCUT2D eigenvalue weighted by atomic mass is 10.1. The van der Waals surface area contributed by atoms with Crippen LogP contribution >= 0.6 is 0 Å². The summed E-state index contributed by atoms with van der Waals surface area (Å²) in [5, 5.41) is 12.9. The summed E-state index contributed by atoms with van der Waals surface area (Å²) >= 11 is 0. The molecular formula is C12H14F3N3O3. The molecule has 9 heteroatoms. The Labute approximate surface area is 118 Å². The summed E-state index contributed by atoms with van der Waals surface area (Å²) in [6.07, 6.45) is -7.53. The number of amides is 3. The van der Waals surface area contributed by atoms with Crippen molar-refractivity contribution in [1.82, 2.24) is 10.6 Å². The molecule has 1 aromatic carbocycles. The third-order valence-electron chi connectivity index (χ3n) is 2.53. The molecule has 0 fully saturated rings. The second-order valence-electron chi connectivity index (χ2n) is 4.15. The topological polar surface area (TPSA) is 104 Å². The van der Waals surface area contributed by atoms with Crippen molar-refractivity contribution in [2.24, 2.45) is 5.73 Å². The van der Waals surface area contributed by atoms with Gasteiger partial charge in [-0.3, -0.25) is 4.79 Å². The lowest BCUT2D eigenvalue weighted by Crippen LogP contribution is -2.46. The van der Waals surface area contributed by atoms with Crippen molar-refractivity contribution in [2.45, 2.75) is 18.3 Å². The first-order valence-corrected chi connectivity index (χ1v) is 5.85. The highest BCUT2D eigenvalue weighted by Gasteiger charge is 2.38. The number of rotatable bonds is 5. The average Bonchev–Trinajstić information content (AvgIpc) is 2.41. The molecule has 6 nitrogen and oxygen atoms in total. The van der Waals surface area contributed by atoms with Gasteiger partial charge < -0.3 is 21.5 Å². The molecule has 0 heterocycles. The SMILES string of the molecule is NC(=O)NC(C(=O)NCC(O)C(F)(F)F)c1ccccc1. The zero-order valence-electron chi connectivity index (χ0n) is 10.7. The first-order valence-electron chi connectivity index (χ1n) is 5.85. The van der Waals surface area contributed by atoms with Crippen LogP contribution in [0.3, 0.4) is 0 Å². The molecule has 0 aliphatic rings. The van der Waals surface area contributed by atoms with Crippen LogP contribution in [-0.2, 0) is 4.79 Å². The van der Waals surface area contributed by atoms with Gasteiger partial charge in [0.25, 0.3) is 0 Å². The van der Waals surface area contributed by atoms with Gasteiger partial charge in [-0.1, -0.05) is 30.3 Å². The molecular weight excluding hydrogens is 291 g/mol. The number of carbonyl (C=O) groups is 2. The number of halogens is 3. The van der Waals surface area contributed by atoms with E-state index in [2.05, 4.69) is 5.32 Å². The first kappa shape index (κ1) is 16.8. The van der Waals surface area contributed by atoms with Crippen LogP contribution in [0.5, 0.6) is 0 Å². The molecule has 0 aliphatic carbocycles. The molecule has 0 radical (unpaired) electrons. The van der Waals surface area contributed by atoms with Crippen LogP contribution in [-0.4, -0.2) is 35.9 Å². The molecule has 1 rings (SSSR count). The number of aliphatic hydroxyl groups excluding tert-OH is 1. The molecule has 0 spiro atoms. The molecule has 5 N–H and O–H groups in total. The fraction of sp³-hybridized carbons (Fsp3) is 0.333. The Balaban J connectivity index is 2.76. The standard InChI is InChI=1S/C12H14F3N3O3/c13-12(14,15)8(19)6-17-10(20)9(18-11(16)21)7-4-2-1-3-5-7/h1-5,8-9,19H,6H2,(H,17,20)(H3,16,18,21). The minimum absolute atomic E-state index is 0.343. The summed E-state index contributed by atoms with van der Waals surface area (Å²) < 4.78 is 36.4. The predicted molar refractivity (Wildman–Crippen MR) is 67.0 cm³/mol. The van der Waals surface area contributed by atoms with Gasteiger partial charge in [-0.2, -0.15) is 13.2 Å². The number of aliphatic hydroxyl groups is 1. The van der Waals surface area contributed by atoms with Gasteiger partial charge in [0.1, 0.15) is 6.04 Å². The van der Waals surface area contributed by atoms with Crippen LogP contribution in [0.25, 0.3) is 0 Å². The monoisotopic (exact) mass is 305 g/mol. The van der Waals surface area contributed by atoms with Crippen molar-refractivity contribution in [3.63, 3.8) is 0 Å². The van der Waals surface area contributed by atoms with Gasteiger partial charge in [-0.05, 0) is 5.56 Å². The second kappa shape index (κ2) is 6.93. The number of carbonyl (C=O) groups excluding carboxylic acids is 2. The van der Waals surface area contributed by atoms with Gasteiger partial charge in [0.15, 0.2) is 6.10 Å². The Bertz CT molecular complexity index is 494. The number of nitrogens with two attached hydrogens (primary N) is 1. The van der Waals surface area contributed by atoms with Crippen LogP contribution < -0.4 is 16.4 Å². The summed E-state index contributed by atoms with van der Waals surface area (Å²) in [5.74, 6) is -0.914. The Morgan fingerprint density at radius 3 is 2.29 bits per heavy atom. The first-order chi connectivity index (χ1) is 9.71. The van der Waals surface area contributed by atoms with E-state index in [-0.39, 0.29) is 0 Å². The molecule has 1 aromatic rings. The number of urea groups is 1. The van der Waals surface area contributed by atoms with Crippen molar-refractivity contribution >= 4 is 11.9 Å². The molecule has 3 amide bonds. The molecule has 2 atom stereocenters. The highest BCUT2D eigenvalue weighted by molar-refractivity contribution is 5.87. The van der Waals surface area contributed by atoms with Gasteiger partial charge in [0.05, 0.1) is 6.54 Å². The fourth-order valence-electron chi connectivity index (χ4n) is 1.50. The van der Waals surface area contributed by atoms with Gasteiger partial charge >= 0.3 is 12.2 Å². The van der Waals surface area contributed by atoms with Crippen LogP contribution in [0.15, 0.2) is 30.3 Å². The Morgan fingerprint density at radius 2 is 1.81 bits per heavy atom. The van der Waals surface area contributed by atoms with E-state index >= 15 is 0 Å². The zero-order chi connectivity index (χ0) is 16.0. The summed E-state index contributed by atoms with van der Waals surface area (Å²) in [5.41, 5.74) is 5.28. The highest BCUT2D eigenvalue weighted by atomic mass is 19.4.